The van der Waals surface area contributed by atoms with Gasteiger partial charge < -0.3 is 4.74 Å². The van der Waals surface area contributed by atoms with Crippen molar-refractivity contribution in [3.05, 3.63) is 0 Å². The third-order valence-corrected chi connectivity index (χ3v) is 3.58. The molecule has 0 aromatic carbocycles. The lowest BCUT2D eigenvalue weighted by Gasteiger charge is -2.08. The van der Waals surface area contributed by atoms with Gasteiger partial charge in [0.1, 0.15) is 0 Å². The first-order chi connectivity index (χ1) is 8.00. The monoisotopic (exact) mass is 226 g/mol. The molecule has 2 fully saturated rings. The van der Waals surface area contributed by atoms with Crippen LogP contribution in [0, 0.1) is 0 Å². The number of rotatable bonds is 0. The summed E-state index contributed by atoms with van der Waals surface area (Å²) >= 11 is 0. The fourth-order valence-electron chi connectivity index (χ4n) is 2.45. The molecule has 0 N–H and O–H groups in total. The molecule has 2 rings (SSSR count). The Bertz CT molecular complexity index is 84.7. The number of hydrogen-bond acceptors (Lipinski definition) is 1. The van der Waals surface area contributed by atoms with E-state index >= 15 is 0 Å². The normalized spacial score (nSPS) is 24.0. The molecule has 0 amide bonds. The highest BCUT2D eigenvalue weighted by molar-refractivity contribution is 4.51. The van der Waals surface area contributed by atoms with E-state index in [-0.39, 0.29) is 0 Å². The SMILES string of the molecule is C1CCCCCCCCC1.C1CCOCC1. The largest absolute Gasteiger partial charge is 0.381 e. The molecule has 0 bridgehead atoms. The van der Waals surface area contributed by atoms with Crippen LogP contribution in [-0.2, 0) is 4.74 Å². The molecular formula is C15H30O. The summed E-state index contributed by atoms with van der Waals surface area (Å²) in [6.07, 6.45) is 18.9. The number of ether oxygens (including phenoxy) is 1. The van der Waals surface area contributed by atoms with Crippen LogP contribution in [0.2, 0.25) is 0 Å². The van der Waals surface area contributed by atoms with Gasteiger partial charge in [0.05, 0.1) is 0 Å². The van der Waals surface area contributed by atoms with E-state index in [4.69, 9.17) is 4.74 Å². The lowest BCUT2D eigenvalue weighted by molar-refractivity contribution is 0.0968. The van der Waals surface area contributed by atoms with Crippen LogP contribution in [0.5, 0.6) is 0 Å². The van der Waals surface area contributed by atoms with Crippen LogP contribution in [0.3, 0.4) is 0 Å². The Morgan fingerprint density at radius 3 is 0.688 bits per heavy atom. The first-order valence-electron chi connectivity index (χ1n) is 7.58. The van der Waals surface area contributed by atoms with Gasteiger partial charge in [-0.2, -0.15) is 0 Å². The van der Waals surface area contributed by atoms with Crippen molar-refractivity contribution in [3.63, 3.8) is 0 Å². The second-order valence-corrected chi connectivity index (χ2v) is 5.21. The molecule has 2 aliphatic rings. The van der Waals surface area contributed by atoms with E-state index in [9.17, 15) is 0 Å². The zero-order valence-electron chi connectivity index (χ0n) is 11.0. The molecule has 1 heterocycles. The van der Waals surface area contributed by atoms with Crippen molar-refractivity contribution in [2.45, 2.75) is 83.5 Å². The zero-order chi connectivity index (χ0) is 11.3. The fraction of sp³-hybridized carbons (Fsp3) is 1.00. The summed E-state index contributed by atoms with van der Waals surface area (Å²) in [7, 11) is 0. The molecule has 16 heavy (non-hydrogen) atoms. The van der Waals surface area contributed by atoms with Gasteiger partial charge in [0.25, 0.3) is 0 Å². The van der Waals surface area contributed by atoms with Crippen LogP contribution in [0.4, 0.5) is 0 Å². The molecule has 1 aliphatic carbocycles. The van der Waals surface area contributed by atoms with Gasteiger partial charge >= 0.3 is 0 Å². The maximum atomic E-state index is 5.07. The highest BCUT2D eigenvalue weighted by Crippen LogP contribution is 2.15. The second-order valence-electron chi connectivity index (χ2n) is 5.21. The summed E-state index contributed by atoms with van der Waals surface area (Å²) in [5.74, 6) is 0. The molecule has 0 unspecified atom stereocenters. The predicted molar refractivity (Wildman–Crippen MR) is 70.8 cm³/mol. The van der Waals surface area contributed by atoms with Crippen LogP contribution in [-0.4, -0.2) is 13.2 Å². The van der Waals surface area contributed by atoms with Crippen molar-refractivity contribution in [2.24, 2.45) is 0 Å². The van der Waals surface area contributed by atoms with Gasteiger partial charge in [-0.1, -0.05) is 64.2 Å². The lowest BCUT2D eigenvalue weighted by atomic mass is 10.0. The standard InChI is InChI=1S/C10H20.C5H10O/c1-2-4-6-8-10-9-7-5-3-1;1-2-4-6-5-3-1/h1-10H2;1-5H2. The minimum Gasteiger partial charge on any atom is -0.381 e. The smallest absolute Gasteiger partial charge is 0.0466 e. The van der Waals surface area contributed by atoms with Crippen molar-refractivity contribution < 1.29 is 4.74 Å². The molecule has 0 radical (unpaired) electrons. The minimum atomic E-state index is 1.00. The molecule has 1 saturated heterocycles. The summed E-state index contributed by atoms with van der Waals surface area (Å²) in [5.41, 5.74) is 0. The summed E-state index contributed by atoms with van der Waals surface area (Å²) in [4.78, 5) is 0. The third-order valence-electron chi connectivity index (χ3n) is 3.58. The van der Waals surface area contributed by atoms with Crippen LogP contribution in [0.15, 0.2) is 0 Å². The third kappa shape index (κ3) is 9.21. The Morgan fingerprint density at radius 1 is 0.312 bits per heavy atom. The topological polar surface area (TPSA) is 9.23 Å². The Hall–Kier alpha value is -0.0400. The van der Waals surface area contributed by atoms with Gasteiger partial charge in [-0.05, 0) is 19.3 Å². The molecule has 96 valence electrons. The minimum absolute atomic E-state index is 1.00. The highest BCUT2D eigenvalue weighted by Gasteiger charge is 1.96. The van der Waals surface area contributed by atoms with Gasteiger partial charge in [0.15, 0.2) is 0 Å². The molecule has 0 aromatic rings. The Kier molecular flexibility index (Phi) is 10.0. The van der Waals surface area contributed by atoms with Gasteiger partial charge in [0, 0.05) is 13.2 Å². The van der Waals surface area contributed by atoms with Crippen molar-refractivity contribution >= 4 is 0 Å². The van der Waals surface area contributed by atoms with Gasteiger partial charge in [0.2, 0.25) is 0 Å². The quantitative estimate of drug-likeness (QED) is 0.559. The summed E-state index contributed by atoms with van der Waals surface area (Å²) in [5, 5.41) is 0. The van der Waals surface area contributed by atoms with Crippen molar-refractivity contribution in [1.29, 1.82) is 0 Å². The molecule has 0 aromatic heterocycles. The van der Waals surface area contributed by atoms with Crippen molar-refractivity contribution in [1.82, 2.24) is 0 Å². The van der Waals surface area contributed by atoms with Crippen LogP contribution in [0.25, 0.3) is 0 Å². The highest BCUT2D eigenvalue weighted by atomic mass is 16.5. The first kappa shape index (κ1) is 14.0. The Labute approximate surface area is 102 Å². The maximum absolute atomic E-state index is 5.07. The van der Waals surface area contributed by atoms with Crippen LogP contribution in [0.1, 0.15) is 83.5 Å². The molecule has 1 heteroatoms. The van der Waals surface area contributed by atoms with Gasteiger partial charge in [-0.25, -0.2) is 0 Å². The summed E-state index contributed by atoms with van der Waals surface area (Å²) in [6.45, 7) is 2.00. The molecule has 1 nitrogen and oxygen atoms in total. The summed E-state index contributed by atoms with van der Waals surface area (Å²) < 4.78 is 5.07. The van der Waals surface area contributed by atoms with Crippen molar-refractivity contribution in [3.8, 4) is 0 Å². The Balaban J connectivity index is 0.000000181. The van der Waals surface area contributed by atoms with E-state index in [1.807, 2.05) is 0 Å². The van der Waals surface area contributed by atoms with E-state index in [2.05, 4.69) is 0 Å². The average molecular weight is 226 g/mol. The molecule has 1 aliphatic heterocycles. The zero-order valence-corrected chi connectivity index (χ0v) is 11.0. The fourth-order valence-corrected chi connectivity index (χ4v) is 2.45. The van der Waals surface area contributed by atoms with E-state index in [0.29, 0.717) is 0 Å². The van der Waals surface area contributed by atoms with E-state index in [0.717, 1.165) is 13.2 Å². The molecular weight excluding hydrogens is 196 g/mol. The second kappa shape index (κ2) is 11.4. The Morgan fingerprint density at radius 2 is 0.562 bits per heavy atom. The van der Waals surface area contributed by atoms with E-state index in [1.54, 1.807) is 0 Å². The lowest BCUT2D eigenvalue weighted by Crippen LogP contribution is -2.03. The van der Waals surface area contributed by atoms with Gasteiger partial charge in [-0.15, -0.1) is 0 Å². The number of hydrogen-bond donors (Lipinski definition) is 0. The predicted octanol–water partition coefficient (Wildman–Crippen LogP) is 5.09. The van der Waals surface area contributed by atoms with E-state index < -0.39 is 0 Å². The van der Waals surface area contributed by atoms with Gasteiger partial charge in [-0.3, -0.25) is 0 Å². The first-order valence-corrected chi connectivity index (χ1v) is 7.58. The molecule has 0 spiro atoms. The molecule has 0 atom stereocenters. The average Bonchev–Trinajstić information content (AvgIpc) is 2.39. The summed E-state index contributed by atoms with van der Waals surface area (Å²) in [6, 6.07) is 0. The van der Waals surface area contributed by atoms with Crippen LogP contribution < -0.4 is 0 Å². The van der Waals surface area contributed by atoms with E-state index in [1.165, 1.54) is 83.5 Å². The van der Waals surface area contributed by atoms with Crippen LogP contribution >= 0.6 is 0 Å². The molecule has 1 saturated carbocycles. The van der Waals surface area contributed by atoms with Crippen molar-refractivity contribution in [2.75, 3.05) is 13.2 Å². The maximum Gasteiger partial charge on any atom is 0.0466 e.